The lowest BCUT2D eigenvalue weighted by Crippen LogP contribution is -2.05. The molecule has 4 N–H and O–H groups in total. The van der Waals surface area contributed by atoms with Crippen LogP contribution in [-0.2, 0) is 0 Å². The van der Waals surface area contributed by atoms with Gasteiger partial charge >= 0.3 is 0 Å². The maximum atomic E-state index is 12.9. The highest BCUT2D eigenvalue weighted by Crippen LogP contribution is 2.14. The Morgan fingerprint density at radius 3 is 2.79 bits per heavy atom. The van der Waals surface area contributed by atoms with Crippen molar-refractivity contribution in [2.24, 2.45) is 5.73 Å². The third-order valence-corrected chi connectivity index (χ3v) is 1.43. The van der Waals surface area contributed by atoms with E-state index in [9.17, 15) is 8.78 Å². The van der Waals surface area contributed by atoms with Crippen molar-refractivity contribution in [2.45, 2.75) is 0 Å². The summed E-state index contributed by atoms with van der Waals surface area (Å²) < 4.78 is 25.6. The lowest BCUT2D eigenvalue weighted by molar-refractivity contribution is 0.603. The summed E-state index contributed by atoms with van der Waals surface area (Å²) in [6.07, 6.45) is 2.49. The Bertz CT molecular complexity index is 374. The number of hydrogen-bond acceptors (Lipinski definition) is 2. The predicted molar refractivity (Wildman–Crippen MR) is 51.0 cm³/mol. The van der Waals surface area contributed by atoms with Crippen molar-refractivity contribution in [1.29, 1.82) is 5.41 Å². The van der Waals surface area contributed by atoms with E-state index in [1.165, 1.54) is 12.3 Å². The van der Waals surface area contributed by atoms with Crippen molar-refractivity contribution in [3.63, 3.8) is 0 Å². The van der Waals surface area contributed by atoms with E-state index in [0.717, 1.165) is 18.2 Å². The SMILES string of the molecule is N=C(N)/C=C\Nc1cc(F)ccc1F. The summed E-state index contributed by atoms with van der Waals surface area (Å²) in [6, 6.07) is 3.05. The second-order valence-corrected chi connectivity index (χ2v) is 2.56. The van der Waals surface area contributed by atoms with Crippen molar-refractivity contribution < 1.29 is 8.78 Å². The molecule has 0 atom stereocenters. The smallest absolute Gasteiger partial charge is 0.146 e. The number of hydrogen-bond donors (Lipinski definition) is 3. The Morgan fingerprint density at radius 1 is 1.43 bits per heavy atom. The van der Waals surface area contributed by atoms with Crippen LogP contribution in [0.15, 0.2) is 30.5 Å². The Balaban J connectivity index is 2.76. The third-order valence-electron chi connectivity index (χ3n) is 1.43. The lowest BCUT2D eigenvalue weighted by atomic mass is 10.3. The minimum Gasteiger partial charge on any atom is -0.384 e. The Hall–Kier alpha value is -1.91. The van der Waals surface area contributed by atoms with Gasteiger partial charge in [0.1, 0.15) is 17.5 Å². The Labute approximate surface area is 79.7 Å². The van der Waals surface area contributed by atoms with Crippen LogP contribution in [0.4, 0.5) is 14.5 Å². The van der Waals surface area contributed by atoms with Crippen LogP contribution in [0.1, 0.15) is 0 Å². The average Bonchev–Trinajstić information content (AvgIpc) is 2.10. The first-order chi connectivity index (χ1) is 6.59. The summed E-state index contributed by atoms with van der Waals surface area (Å²) in [4.78, 5) is 0. The van der Waals surface area contributed by atoms with Crippen molar-refractivity contribution in [2.75, 3.05) is 5.32 Å². The molecule has 1 aromatic rings. The van der Waals surface area contributed by atoms with Crippen molar-refractivity contribution in [1.82, 2.24) is 0 Å². The van der Waals surface area contributed by atoms with Crippen LogP contribution in [0.3, 0.4) is 0 Å². The zero-order valence-electron chi connectivity index (χ0n) is 7.22. The molecule has 1 aromatic carbocycles. The highest BCUT2D eigenvalue weighted by atomic mass is 19.1. The van der Waals surface area contributed by atoms with Gasteiger partial charge < -0.3 is 11.1 Å². The highest BCUT2D eigenvalue weighted by molar-refractivity contribution is 5.88. The summed E-state index contributed by atoms with van der Waals surface area (Å²) in [5.41, 5.74) is 5.02. The molecule has 74 valence electrons. The molecule has 0 saturated carbocycles. The number of anilines is 1. The van der Waals surface area contributed by atoms with Crippen molar-refractivity contribution in [3.8, 4) is 0 Å². The van der Waals surface area contributed by atoms with Crippen LogP contribution in [0.5, 0.6) is 0 Å². The molecule has 0 heterocycles. The van der Waals surface area contributed by atoms with Gasteiger partial charge in [0, 0.05) is 12.3 Å². The minimum atomic E-state index is -0.570. The number of benzene rings is 1. The number of nitrogens with one attached hydrogen (secondary N) is 2. The van der Waals surface area contributed by atoms with Gasteiger partial charge in [0.15, 0.2) is 0 Å². The van der Waals surface area contributed by atoms with E-state index in [2.05, 4.69) is 5.32 Å². The first-order valence-electron chi connectivity index (χ1n) is 3.82. The summed E-state index contributed by atoms with van der Waals surface area (Å²) in [5, 5.41) is 9.31. The molecule has 0 aliphatic carbocycles. The largest absolute Gasteiger partial charge is 0.384 e. The van der Waals surface area contributed by atoms with Gasteiger partial charge in [0.05, 0.1) is 5.69 Å². The van der Waals surface area contributed by atoms with Gasteiger partial charge in [-0.15, -0.1) is 0 Å². The highest BCUT2D eigenvalue weighted by Gasteiger charge is 2.00. The van der Waals surface area contributed by atoms with Gasteiger partial charge in [-0.1, -0.05) is 0 Å². The zero-order chi connectivity index (χ0) is 10.6. The number of rotatable bonds is 3. The van der Waals surface area contributed by atoms with E-state index >= 15 is 0 Å². The molecule has 0 aliphatic heterocycles. The van der Waals surface area contributed by atoms with E-state index in [4.69, 9.17) is 11.1 Å². The second kappa shape index (κ2) is 4.36. The first kappa shape index (κ1) is 10.2. The fourth-order valence-electron chi connectivity index (χ4n) is 0.829. The first-order valence-corrected chi connectivity index (χ1v) is 3.82. The standard InChI is InChI=1S/C9H9F2N3/c10-6-1-2-7(11)8(5-6)14-4-3-9(12)13/h1-5,14H,(H3,12,13)/b4-3-. The summed E-state index contributed by atoms with van der Waals surface area (Å²) in [5.74, 6) is -1.28. The topological polar surface area (TPSA) is 61.9 Å². The van der Waals surface area contributed by atoms with E-state index in [1.807, 2.05) is 0 Å². The molecule has 1 rings (SSSR count). The maximum absolute atomic E-state index is 12.9. The summed E-state index contributed by atoms with van der Waals surface area (Å²) >= 11 is 0. The number of amidine groups is 1. The van der Waals surface area contributed by atoms with Crippen LogP contribution in [-0.4, -0.2) is 5.84 Å². The van der Waals surface area contributed by atoms with Crippen LogP contribution in [0.25, 0.3) is 0 Å². The van der Waals surface area contributed by atoms with Crippen LogP contribution < -0.4 is 11.1 Å². The number of nitrogens with two attached hydrogens (primary N) is 1. The van der Waals surface area contributed by atoms with E-state index in [0.29, 0.717) is 0 Å². The molecule has 14 heavy (non-hydrogen) atoms. The molecule has 0 unspecified atom stereocenters. The number of halogens is 2. The third kappa shape index (κ3) is 2.85. The fourth-order valence-corrected chi connectivity index (χ4v) is 0.829. The zero-order valence-corrected chi connectivity index (χ0v) is 7.22. The predicted octanol–water partition coefficient (Wildman–Crippen LogP) is 1.83. The summed E-state index contributed by atoms with van der Waals surface area (Å²) in [7, 11) is 0. The van der Waals surface area contributed by atoms with Crippen LogP contribution >= 0.6 is 0 Å². The molecule has 0 amide bonds. The van der Waals surface area contributed by atoms with Gasteiger partial charge in [-0.3, -0.25) is 5.41 Å². The molecule has 0 spiro atoms. The molecule has 0 saturated heterocycles. The molecule has 0 aliphatic rings. The Kier molecular flexibility index (Phi) is 3.17. The molecule has 0 aromatic heterocycles. The molecular weight excluding hydrogens is 188 g/mol. The van der Waals surface area contributed by atoms with E-state index in [-0.39, 0.29) is 11.5 Å². The van der Waals surface area contributed by atoms with E-state index < -0.39 is 11.6 Å². The lowest BCUT2D eigenvalue weighted by Gasteiger charge is -2.01. The van der Waals surface area contributed by atoms with Gasteiger partial charge in [0.25, 0.3) is 0 Å². The average molecular weight is 197 g/mol. The van der Waals surface area contributed by atoms with Crippen molar-refractivity contribution in [3.05, 3.63) is 42.1 Å². The Morgan fingerprint density at radius 2 is 2.14 bits per heavy atom. The molecule has 0 fully saturated rings. The van der Waals surface area contributed by atoms with Gasteiger partial charge in [0.2, 0.25) is 0 Å². The maximum Gasteiger partial charge on any atom is 0.146 e. The monoisotopic (exact) mass is 197 g/mol. The van der Waals surface area contributed by atoms with Crippen LogP contribution in [0, 0.1) is 17.0 Å². The molecule has 0 radical (unpaired) electrons. The van der Waals surface area contributed by atoms with Gasteiger partial charge in [-0.2, -0.15) is 0 Å². The normalized spacial score (nSPS) is 10.4. The van der Waals surface area contributed by atoms with E-state index in [1.54, 1.807) is 0 Å². The quantitative estimate of drug-likeness (QED) is 0.511. The molecule has 0 bridgehead atoms. The minimum absolute atomic E-state index is 0.00231. The van der Waals surface area contributed by atoms with Crippen molar-refractivity contribution >= 4 is 11.5 Å². The summed E-state index contributed by atoms with van der Waals surface area (Å²) in [6.45, 7) is 0. The van der Waals surface area contributed by atoms with Crippen LogP contribution in [0.2, 0.25) is 0 Å². The molecule has 3 nitrogen and oxygen atoms in total. The fraction of sp³-hybridized carbons (Fsp3) is 0. The molecular formula is C9H9F2N3. The van der Waals surface area contributed by atoms with Gasteiger partial charge in [-0.05, 0) is 18.2 Å². The van der Waals surface area contributed by atoms with Gasteiger partial charge in [-0.25, -0.2) is 8.78 Å². The second-order valence-electron chi connectivity index (χ2n) is 2.56. The molecule has 5 heteroatoms.